The van der Waals surface area contributed by atoms with Crippen LogP contribution in [0.1, 0.15) is 6.92 Å². The van der Waals surface area contributed by atoms with E-state index >= 15 is 0 Å². The molecule has 0 fully saturated rings. The molecule has 0 radical (unpaired) electrons. The Morgan fingerprint density at radius 2 is 2.70 bits per heavy atom. The van der Waals surface area contributed by atoms with Crippen LogP contribution < -0.4 is 0 Å². The molecular weight excluding hydrogens is 162 g/mol. The third kappa shape index (κ3) is 2.42. The van der Waals surface area contributed by atoms with E-state index in [-0.39, 0.29) is 0 Å². The summed E-state index contributed by atoms with van der Waals surface area (Å²) >= 11 is 3.34. The molecule has 1 aromatic heterocycles. The summed E-state index contributed by atoms with van der Waals surface area (Å²) in [5.41, 5.74) is 0. The highest BCUT2D eigenvalue weighted by Gasteiger charge is 1.91. The van der Waals surface area contributed by atoms with Crippen LogP contribution in [0.15, 0.2) is 15.9 Å². The van der Waals surface area contributed by atoms with Crippen molar-refractivity contribution in [3.05, 3.63) is 11.6 Å². The number of hydrogen-bond acceptors (Lipinski definition) is 3. The van der Waals surface area contributed by atoms with Crippen molar-refractivity contribution in [3.8, 4) is 11.8 Å². The van der Waals surface area contributed by atoms with E-state index in [2.05, 4.69) is 16.8 Å². The summed E-state index contributed by atoms with van der Waals surface area (Å²) in [6, 6.07) is 0. The van der Waals surface area contributed by atoms with Gasteiger partial charge >= 0.3 is 0 Å². The van der Waals surface area contributed by atoms with Gasteiger partial charge < -0.3 is 0 Å². The van der Waals surface area contributed by atoms with E-state index in [0.717, 1.165) is 10.1 Å². The van der Waals surface area contributed by atoms with Gasteiger partial charge in [-0.2, -0.15) is 0 Å². The maximum Gasteiger partial charge on any atom is 0.150 e. The van der Waals surface area contributed by atoms with Gasteiger partial charge in [0.1, 0.15) is 0 Å². The first kappa shape index (κ1) is 7.64. The van der Waals surface area contributed by atoms with Gasteiger partial charge in [0.05, 0.1) is 5.75 Å². The third-order valence-electron chi connectivity index (χ3n) is 0.854. The van der Waals surface area contributed by atoms with Crippen LogP contribution in [0.3, 0.4) is 0 Å². The summed E-state index contributed by atoms with van der Waals surface area (Å²) in [7, 11) is 0. The molecule has 1 heterocycles. The van der Waals surface area contributed by atoms with Gasteiger partial charge in [0, 0.05) is 11.6 Å². The zero-order valence-electron chi connectivity index (χ0n) is 5.63. The zero-order valence-corrected chi connectivity index (χ0v) is 7.26. The molecule has 0 aliphatic heterocycles. The van der Waals surface area contributed by atoms with Crippen molar-refractivity contribution in [1.82, 2.24) is 4.98 Å². The largest absolute Gasteiger partial charge is 0.238 e. The van der Waals surface area contributed by atoms with Gasteiger partial charge in [0.15, 0.2) is 4.34 Å². The minimum absolute atomic E-state index is 0.851. The molecular formula is C7H7NS2. The van der Waals surface area contributed by atoms with E-state index in [1.165, 1.54) is 0 Å². The normalized spacial score (nSPS) is 8.50. The van der Waals surface area contributed by atoms with Crippen LogP contribution in [-0.4, -0.2) is 10.7 Å². The molecule has 10 heavy (non-hydrogen) atoms. The fourth-order valence-electron chi connectivity index (χ4n) is 0.452. The molecule has 1 nitrogen and oxygen atoms in total. The summed E-state index contributed by atoms with van der Waals surface area (Å²) in [4.78, 5) is 4.10. The van der Waals surface area contributed by atoms with Crippen LogP contribution in [0.25, 0.3) is 0 Å². The van der Waals surface area contributed by atoms with E-state index < -0.39 is 0 Å². The molecule has 0 N–H and O–H groups in total. The Kier molecular flexibility index (Phi) is 3.34. The van der Waals surface area contributed by atoms with E-state index in [1.54, 1.807) is 23.1 Å². The Bertz CT molecular complexity index is 230. The van der Waals surface area contributed by atoms with Crippen molar-refractivity contribution in [3.63, 3.8) is 0 Å². The number of rotatable bonds is 2. The number of thiazole rings is 1. The molecule has 0 unspecified atom stereocenters. The monoisotopic (exact) mass is 169 g/mol. The summed E-state index contributed by atoms with van der Waals surface area (Å²) < 4.78 is 1.10. The van der Waals surface area contributed by atoms with Crippen molar-refractivity contribution < 1.29 is 0 Å². The lowest BCUT2D eigenvalue weighted by molar-refractivity contribution is 1.25. The van der Waals surface area contributed by atoms with Crippen LogP contribution in [0, 0.1) is 11.8 Å². The minimum Gasteiger partial charge on any atom is -0.238 e. The topological polar surface area (TPSA) is 12.9 Å². The van der Waals surface area contributed by atoms with Gasteiger partial charge in [-0.05, 0) is 6.92 Å². The first-order chi connectivity index (χ1) is 4.93. The molecule has 0 aromatic carbocycles. The fraction of sp³-hybridized carbons (Fsp3) is 0.286. The molecule has 3 heteroatoms. The van der Waals surface area contributed by atoms with E-state index in [9.17, 15) is 0 Å². The molecule has 52 valence electrons. The summed E-state index contributed by atoms with van der Waals surface area (Å²) in [6.45, 7) is 1.85. The molecule has 0 aliphatic carbocycles. The average Bonchev–Trinajstić information content (AvgIpc) is 2.41. The molecule has 0 saturated heterocycles. The average molecular weight is 169 g/mol. The molecule has 0 atom stereocenters. The van der Waals surface area contributed by atoms with Crippen molar-refractivity contribution >= 4 is 23.1 Å². The number of thioether (sulfide) groups is 1. The molecule has 0 aliphatic rings. The highest BCUT2D eigenvalue weighted by atomic mass is 32.2. The first-order valence-electron chi connectivity index (χ1n) is 2.85. The number of nitrogens with zero attached hydrogens (tertiary/aromatic N) is 1. The fourth-order valence-corrected chi connectivity index (χ4v) is 1.90. The Morgan fingerprint density at radius 3 is 3.30 bits per heavy atom. The first-order valence-corrected chi connectivity index (χ1v) is 4.72. The second kappa shape index (κ2) is 4.37. The van der Waals surface area contributed by atoms with Crippen LogP contribution in [0.4, 0.5) is 0 Å². The standard InChI is InChI=1S/C7H7NS2/c1-2-3-5-9-7-8-4-6-10-7/h4,6H,5H2,1H3. The maximum atomic E-state index is 4.10. The van der Waals surface area contributed by atoms with Crippen LogP contribution >= 0.6 is 23.1 Å². The maximum absolute atomic E-state index is 4.10. The Labute approximate surface area is 68.9 Å². The van der Waals surface area contributed by atoms with Crippen molar-refractivity contribution in [2.75, 3.05) is 5.75 Å². The van der Waals surface area contributed by atoms with Gasteiger partial charge in [0.2, 0.25) is 0 Å². The SMILES string of the molecule is CC#CCSc1nccs1. The van der Waals surface area contributed by atoms with Crippen molar-refractivity contribution in [2.24, 2.45) is 0 Å². The molecule has 0 saturated carbocycles. The zero-order chi connectivity index (χ0) is 7.23. The second-order valence-corrected chi connectivity index (χ2v) is 3.63. The Balaban J connectivity index is 2.32. The number of hydrogen-bond donors (Lipinski definition) is 0. The highest BCUT2D eigenvalue weighted by Crippen LogP contribution is 2.18. The highest BCUT2D eigenvalue weighted by molar-refractivity contribution is 8.01. The molecule has 1 aromatic rings. The summed E-state index contributed by atoms with van der Waals surface area (Å²) in [6.07, 6.45) is 1.81. The van der Waals surface area contributed by atoms with Gasteiger partial charge in [-0.15, -0.1) is 17.3 Å². The lowest BCUT2D eigenvalue weighted by Crippen LogP contribution is -1.69. The van der Waals surface area contributed by atoms with Gasteiger partial charge in [0.25, 0.3) is 0 Å². The summed E-state index contributed by atoms with van der Waals surface area (Å²) in [5.74, 6) is 6.65. The van der Waals surface area contributed by atoms with Crippen LogP contribution in [0.2, 0.25) is 0 Å². The predicted molar refractivity (Wildman–Crippen MR) is 46.3 cm³/mol. The van der Waals surface area contributed by atoms with E-state index in [0.29, 0.717) is 0 Å². The lowest BCUT2D eigenvalue weighted by atomic mass is 10.7. The quantitative estimate of drug-likeness (QED) is 0.497. The number of aromatic nitrogens is 1. The molecule has 0 amide bonds. The molecule has 1 rings (SSSR count). The smallest absolute Gasteiger partial charge is 0.150 e. The second-order valence-electron chi connectivity index (χ2n) is 1.51. The Hall–Kier alpha value is -0.460. The minimum atomic E-state index is 0.851. The van der Waals surface area contributed by atoms with Crippen LogP contribution in [0.5, 0.6) is 0 Å². The molecule has 0 bridgehead atoms. The van der Waals surface area contributed by atoms with Gasteiger partial charge in [-0.1, -0.05) is 17.7 Å². The predicted octanol–water partition coefficient (Wildman–Crippen LogP) is 2.26. The molecule has 0 spiro atoms. The van der Waals surface area contributed by atoms with Gasteiger partial charge in [-0.25, -0.2) is 4.98 Å². The van der Waals surface area contributed by atoms with Crippen molar-refractivity contribution in [2.45, 2.75) is 11.3 Å². The third-order valence-corrected chi connectivity index (χ3v) is 2.70. The van der Waals surface area contributed by atoms with Crippen LogP contribution in [-0.2, 0) is 0 Å². The van der Waals surface area contributed by atoms with Crippen molar-refractivity contribution in [1.29, 1.82) is 0 Å². The Morgan fingerprint density at radius 1 is 1.80 bits per heavy atom. The summed E-state index contributed by atoms with van der Waals surface area (Å²) in [5, 5.41) is 1.97. The van der Waals surface area contributed by atoms with E-state index in [4.69, 9.17) is 0 Å². The van der Waals surface area contributed by atoms with E-state index in [1.807, 2.05) is 18.5 Å². The lowest BCUT2D eigenvalue weighted by Gasteiger charge is -1.84. The van der Waals surface area contributed by atoms with Gasteiger partial charge in [-0.3, -0.25) is 0 Å².